The van der Waals surface area contributed by atoms with E-state index >= 15 is 0 Å². The minimum atomic E-state index is -0.614. The van der Waals surface area contributed by atoms with Crippen LogP contribution in [-0.2, 0) is 133 Å². The first-order chi connectivity index (χ1) is 54.3. The molecule has 0 N–H and O–H groups in total. The highest BCUT2D eigenvalue weighted by Crippen LogP contribution is 2.16. The molecule has 114 heavy (non-hydrogen) atoms. The number of thioether (sulfide) groups is 3. The molecule has 0 aliphatic carbocycles. The van der Waals surface area contributed by atoms with Crippen LogP contribution in [0.4, 0.5) is 0 Å². The van der Waals surface area contributed by atoms with E-state index < -0.39 is 95.4 Å². The molecule has 1 aliphatic rings. The second kappa shape index (κ2) is 64.5. The Bertz CT molecular complexity index is 2770. The first-order valence-electron chi connectivity index (χ1n) is 38.2. The third-order valence-electron chi connectivity index (χ3n) is 16.2. The van der Waals surface area contributed by atoms with Crippen molar-refractivity contribution in [3.8, 4) is 0 Å². The molecular weight excluding hydrogens is 1550 g/mol. The lowest BCUT2D eigenvalue weighted by Crippen LogP contribution is -2.48. The molecule has 0 bridgehead atoms. The number of ether oxygens (including phenoxy) is 14. The maximum atomic E-state index is 13.1. The summed E-state index contributed by atoms with van der Waals surface area (Å²) in [7, 11) is 4.10. The molecular formula is C77H124N6O28S3. The summed E-state index contributed by atoms with van der Waals surface area (Å²) in [4.78, 5) is 187. The second-order valence-corrected chi connectivity index (χ2v) is 30.3. The molecule has 1 rings (SSSR count). The van der Waals surface area contributed by atoms with Crippen molar-refractivity contribution in [1.29, 1.82) is 0 Å². The van der Waals surface area contributed by atoms with Gasteiger partial charge in [-0.3, -0.25) is 52.8 Å². The number of piperazine rings is 1. The number of esters is 14. The average molecular weight is 1680 g/mol. The molecule has 1 fully saturated rings. The fraction of sp³-hybridized carbons (Fsp3) is 0.714. The summed E-state index contributed by atoms with van der Waals surface area (Å²) in [6.45, 7) is 31.3. The lowest BCUT2D eigenvalue weighted by atomic mass is 10.2. The van der Waals surface area contributed by atoms with E-state index in [1.807, 2.05) is 28.8 Å². The molecule has 0 aromatic heterocycles. The third-order valence-corrected chi connectivity index (χ3v) is 19.8. The van der Waals surface area contributed by atoms with E-state index in [-0.39, 0.29) is 205 Å². The molecule has 3 unspecified atom stereocenters. The number of carbonyl (C=O) groups excluding carboxylic acids is 14. The van der Waals surface area contributed by atoms with Crippen LogP contribution in [0.25, 0.3) is 0 Å². The van der Waals surface area contributed by atoms with Crippen LogP contribution < -0.4 is 0 Å². The van der Waals surface area contributed by atoms with Gasteiger partial charge < -0.3 is 90.8 Å². The first-order valence-corrected chi connectivity index (χ1v) is 41.6. The molecule has 37 heteroatoms. The molecule has 0 radical (unpaired) electrons. The number of likely N-dealkylation sites (N-methyl/N-ethyl adjacent to an activating group) is 1. The van der Waals surface area contributed by atoms with E-state index in [9.17, 15) is 67.1 Å². The maximum absolute atomic E-state index is 13.1. The zero-order valence-electron chi connectivity index (χ0n) is 68.3. The molecule has 0 spiro atoms. The predicted molar refractivity (Wildman–Crippen MR) is 425 cm³/mol. The number of hydrogen-bond donors (Lipinski definition) is 0. The van der Waals surface area contributed by atoms with E-state index in [4.69, 9.17) is 66.3 Å². The van der Waals surface area contributed by atoms with Crippen LogP contribution in [0.5, 0.6) is 0 Å². The van der Waals surface area contributed by atoms with Gasteiger partial charge in [-0.05, 0) is 41.8 Å². The monoisotopic (exact) mass is 1680 g/mol. The molecule has 0 amide bonds. The van der Waals surface area contributed by atoms with E-state index in [0.717, 1.165) is 39.3 Å². The largest absolute Gasteiger partial charge is 0.462 e. The highest BCUT2D eigenvalue weighted by atomic mass is 32.2. The number of nitrogens with zero attached hydrogens (tertiary/aromatic N) is 6. The fourth-order valence-corrected chi connectivity index (χ4v) is 12.5. The summed E-state index contributed by atoms with van der Waals surface area (Å²) in [5, 5.41) is 0. The molecule has 648 valence electrons. The van der Waals surface area contributed by atoms with E-state index in [1.54, 1.807) is 20.8 Å². The maximum Gasteiger partial charge on any atom is 0.333 e. The highest BCUT2D eigenvalue weighted by Gasteiger charge is 2.24. The summed E-state index contributed by atoms with van der Waals surface area (Å²) < 4.78 is 73.0. The molecule has 1 heterocycles. The van der Waals surface area contributed by atoms with Crippen molar-refractivity contribution in [2.75, 3.05) is 246 Å². The van der Waals surface area contributed by atoms with Gasteiger partial charge in [0, 0.05) is 162 Å². The number of carbonyl (C=O) groups is 14. The van der Waals surface area contributed by atoms with Crippen LogP contribution in [0.15, 0.2) is 48.6 Å². The predicted octanol–water partition coefficient (Wildman–Crippen LogP) is 3.82. The molecule has 0 saturated carbocycles. The zero-order chi connectivity index (χ0) is 85.0. The van der Waals surface area contributed by atoms with Crippen molar-refractivity contribution in [3.05, 3.63) is 48.6 Å². The SMILES string of the molecule is C=C(C)C(=O)OCCOC(=O)CCN(CCSCC(C)C(=O)OCCOC(=O)CCN(CCSCC(C)C(=O)OCCOC(=O)CCN1CCN(CCN(C)C)CC1)CCC(=O)OCCOC(=O)C(C)CSCCN(CCC(=O)OCCOC(=O)C(=C)C)CCC(=O)OCCOC(=O)C(=C)C)CCC(=O)OCCOC(=O)C(=C)C. The van der Waals surface area contributed by atoms with Gasteiger partial charge in [-0.1, -0.05) is 47.1 Å². The van der Waals surface area contributed by atoms with Gasteiger partial charge in [0.05, 0.1) is 62.7 Å². The standard InChI is InChI=1S/C77H124N6O28S3/c1-57(2)71(91)105-44-37-98-64(84)14-21-79(22-15-65(85)99-38-45-106-72(92)58(3)4)34-51-112-54-61(9)75(95)109-48-41-102-68(88)18-25-81(36-53-114-56-63(11)77(97)111-50-43-104-70(90)20-27-82-30-32-83(33-31-82)29-28-78(12)13)26-19-69(89)103-42-49-110-76(96)62(10)55-113-52-35-80(23-16-66(86)100-39-46-107-73(93)59(5)6)24-17-67(87)101-40-47-108-74(94)60(7)8/h61-63H,1,3,5,7,14-56H2,2,4,6,8-13H3. The van der Waals surface area contributed by atoms with E-state index in [2.05, 4.69) is 41.0 Å². The van der Waals surface area contributed by atoms with Crippen LogP contribution in [0.3, 0.4) is 0 Å². The van der Waals surface area contributed by atoms with Crippen molar-refractivity contribution in [2.45, 2.75) is 93.4 Å². The highest BCUT2D eigenvalue weighted by molar-refractivity contribution is 7.99. The van der Waals surface area contributed by atoms with Crippen LogP contribution in [0.2, 0.25) is 0 Å². The minimum Gasteiger partial charge on any atom is -0.462 e. The Kier molecular flexibility index (Phi) is 59.1. The van der Waals surface area contributed by atoms with Crippen molar-refractivity contribution in [2.24, 2.45) is 17.8 Å². The van der Waals surface area contributed by atoms with E-state index in [0.29, 0.717) is 60.7 Å². The zero-order valence-corrected chi connectivity index (χ0v) is 70.8. The summed E-state index contributed by atoms with van der Waals surface area (Å²) in [5.41, 5.74) is 0.801. The molecule has 0 aromatic carbocycles. The van der Waals surface area contributed by atoms with Crippen molar-refractivity contribution in [3.63, 3.8) is 0 Å². The molecule has 1 aliphatic heterocycles. The van der Waals surface area contributed by atoms with Gasteiger partial charge in [0.15, 0.2) is 0 Å². The molecule has 34 nitrogen and oxygen atoms in total. The van der Waals surface area contributed by atoms with Crippen molar-refractivity contribution < 1.29 is 133 Å². The van der Waals surface area contributed by atoms with Gasteiger partial charge in [-0.2, -0.15) is 35.3 Å². The fourth-order valence-electron chi connectivity index (χ4n) is 9.37. The summed E-state index contributed by atoms with van der Waals surface area (Å²) in [6, 6.07) is 0. The van der Waals surface area contributed by atoms with Gasteiger partial charge >= 0.3 is 83.6 Å². The Morgan fingerprint density at radius 3 is 0.711 bits per heavy atom. The number of rotatable bonds is 67. The second-order valence-electron chi connectivity index (χ2n) is 26.9. The van der Waals surface area contributed by atoms with E-state index in [1.165, 1.54) is 63.0 Å². The van der Waals surface area contributed by atoms with Crippen LogP contribution >= 0.6 is 35.3 Å². The van der Waals surface area contributed by atoms with Gasteiger partial charge in [0.1, 0.15) is 92.5 Å². The molecule has 3 atom stereocenters. The van der Waals surface area contributed by atoms with Crippen LogP contribution in [-0.4, -0.2) is 359 Å². The van der Waals surface area contributed by atoms with Crippen molar-refractivity contribution in [1.82, 2.24) is 29.4 Å². The average Bonchev–Trinajstić information content (AvgIpc) is 0.906. The van der Waals surface area contributed by atoms with Gasteiger partial charge in [-0.15, -0.1) is 0 Å². The van der Waals surface area contributed by atoms with Crippen LogP contribution in [0.1, 0.15) is 93.4 Å². The Hall–Kier alpha value is -7.65. The Morgan fingerprint density at radius 2 is 0.491 bits per heavy atom. The lowest BCUT2D eigenvalue weighted by molar-refractivity contribution is -0.154. The van der Waals surface area contributed by atoms with Crippen molar-refractivity contribution >= 4 is 119 Å². The van der Waals surface area contributed by atoms with Crippen LogP contribution in [0, 0.1) is 17.8 Å². The first kappa shape index (κ1) is 104. The topological polar surface area (TPSA) is 388 Å². The minimum absolute atomic E-state index is 0.0437. The Balaban J connectivity index is 2.83. The Labute approximate surface area is 683 Å². The van der Waals surface area contributed by atoms with Gasteiger partial charge in [-0.25, -0.2) is 19.2 Å². The molecule has 0 aromatic rings. The number of hydrogen-bond acceptors (Lipinski definition) is 37. The summed E-state index contributed by atoms with van der Waals surface area (Å²) in [6.07, 6.45) is -0.143. The smallest absolute Gasteiger partial charge is 0.333 e. The quantitative estimate of drug-likeness (QED) is 0.0361. The lowest BCUT2D eigenvalue weighted by Gasteiger charge is -2.35. The third kappa shape index (κ3) is 56.6. The van der Waals surface area contributed by atoms with Gasteiger partial charge in [0.2, 0.25) is 0 Å². The summed E-state index contributed by atoms with van der Waals surface area (Å²) in [5.74, 6) is -6.88. The Morgan fingerprint density at radius 1 is 0.289 bits per heavy atom. The normalized spacial score (nSPS) is 13.0. The van der Waals surface area contributed by atoms with Gasteiger partial charge in [0.25, 0.3) is 0 Å². The summed E-state index contributed by atoms with van der Waals surface area (Å²) >= 11 is 4.32. The molecule has 1 saturated heterocycles.